The van der Waals surface area contributed by atoms with Crippen LogP contribution in [0.2, 0.25) is 0 Å². The number of rotatable bonds is 2. The number of nitrogens with one attached hydrogen (secondary N) is 1. The molecule has 0 unspecified atom stereocenters. The molecule has 0 bridgehead atoms. The van der Waals surface area contributed by atoms with E-state index in [0.717, 1.165) is 0 Å². The maximum Gasteiger partial charge on any atom is 0.221 e. The van der Waals surface area contributed by atoms with Gasteiger partial charge in [-0.1, -0.05) is 0 Å². The first kappa shape index (κ1) is 9.47. The summed E-state index contributed by atoms with van der Waals surface area (Å²) in [5.41, 5.74) is 4.79. The lowest BCUT2D eigenvalue weighted by atomic mass is 10.0. The van der Waals surface area contributed by atoms with Crippen LogP contribution in [0.4, 0.5) is 0 Å². The molecule has 6 heteroatoms. The van der Waals surface area contributed by atoms with Crippen LogP contribution in [-0.2, 0) is 14.6 Å². The Morgan fingerprint density at radius 3 is 2.42 bits per heavy atom. The lowest BCUT2D eigenvalue weighted by molar-refractivity contribution is -0.121. The number of nitrogens with two attached hydrogens (primary N) is 1. The Kier molecular flexibility index (Phi) is 2.13. The van der Waals surface area contributed by atoms with Crippen LogP contribution < -0.4 is 11.1 Å². The standard InChI is InChI=1S/C6H12N2O3S/c1-8-5(9)2-6(7)3-12(10,11)4-6/h2-4,7H2,1H3,(H,8,9). The molecule has 3 N–H and O–H groups in total. The highest BCUT2D eigenvalue weighted by Crippen LogP contribution is 2.23. The molecule has 1 heterocycles. The molecule has 0 aromatic rings. The molecular weight excluding hydrogens is 180 g/mol. The summed E-state index contributed by atoms with van der Waals surface area (Å²) in [4.78, 5) is 10.8. The van der Waals surface area contributed by atoms with Crippen LogP contribution in [-0.4, -0.2) is 38.4 Å². The van der Waals surface area contributed by atoms with Crippen molar-refractivity contribution in [3.8, 4) is 0 Å². The van der Waals surface area contributed by atoms with E-state index in [2.05, 4.69) is 5.32 Å². The monoisotopic (exact) mass is 192 g/mol. The Morgan fingerprint density at radius 1 is 1.58 bits per heavy atom. The van der Waals surface area contributed by atoms with Crippen molar-refractivity contribution in [1.29, 1.82) is 0 Å². The molecule has 0 aliphatic carbocycles. The fraction of sp³-hybridized carbons (Fsp3) is 0.833. The van der Waals surface area contributed by atoms with Gasteiger partial charge in [-0.15, -0.1) is 0 Å². The summed E-state index contributed by atoms with van der Waals surface area (Å²) in [6, 6.07) is 0. The van der Waals surface area contributed by atoms with Crippen LogP contribution in [0.1, 0.15) is 6.42 Å². The van der Waals surface area contributed by atoms with E-state index in [1.807, 2.05) is 0 Å². The summed E-state index contributed by atoms with van der Waals surface area (Å²) in [7, 11) is -1.45. The largest absolute Gasteiger partial charge is 0.359 e. The highest BCUT2D eigenvalue weighted by Gasteiger charge is 2.46. The van der Waals surface area contributed by atoms with Gasteiger partial charge in [-0.3, -0.25) is 4.79 Å². The molecule has 0 spiro atoms. The van der Waals surface area contributed by atoms with Gasteiger partial charge in [0.05, 0.1) is 17.0 Å². The van der Waals surface area contributed by atoms with Crippen molar-refractivity contribution in [2.75, 3.05) is 18.6 Å². The minimum atomic E-state index is -2.95. The minimum Gasteiger partial charge on any atom is -0.359 e. The van der Waals surface area contributed by atoms with E-state index in [1.165, 1.54) is 7.05 Å². The normalized spacial score (nSPS) is 24.2. The maximum absolute atomic E-state index is 10.8. The van der Waals surface area contributed by atoms with Gasteiger partial charge in [-0.2, -0.15) is 0 Å². The van der Waals surface area contributed by atoms with Gasteiger partial charge in [-0.05, 0) is 0 Å². The molecule has 1 amide bonds. The van der Waals surface area contributed by atoms with E-state index >= 15 is 0 Å². The summed E-state index contributed by atoms with van der Waals surface area (Å²) < 4.78 is 21.5. The molecule has 1 rings (SSSR count). The molecule has 1 saturated heterocycles. The molecule has 12 heavy (non-hydrogen) atoms. The predicted octanol–water partition coefficient (Wildman–Crippen LogP) is -1.75. The Bertz CT molecular complexity index is 284. The van der Waals surface area contributed by atoms with Crippen molar-refractivity contribution < 1.29 is 13.2 Å². The van der Waals surface area contributed by atoms with Crippen LogP contribution in [0.25, 0.3) is 0 Å². The third kappa shape index (κ3) is 1.95. The van der Waals surface area contributed by atoms with Gasteiger partial charge in [0.2, 0.25) is 5.91 Å². The highest BCUT2D eigenvalue weighted by molar-refractivity contribution is 7.93. The molecule has 0 aromatic carbocycles. The molecule has 0 atom stereocenters. The molecule has 5 nitrogen and oxygen atoms in total. The number of hydrogen-bond donors (Lipinski definition) is 2. The van der Waals surface area contributed by atoms with Gasteiger partial charge in [-0.25, -0.2) is 8.42 Å². The molecule has 0 aromatic heterocycles. The highest BCUT2D eigenvalue weighted by atomic mass is 32.2. The zero-order chi connectivity index (χ0) is 9.41. The molecule has 1 aliphatic heterocycles. The number of amides is 1. The van der Waals surface area contributed by atoms with Crippen LogP contribution >= 0.6 is 0 Å². The summed E-state index contributed by atoms with van der Waals surface area (Å²) in [6.07, 6.45) is 0.0860. The third-order valence-electron chi connectivity index (χ3n) is 1.81. The molecule has 1 fully saturated rings. The summed E-state index contributed by atoms with van der Waals surface area (Å²) in [5.74, 6) is -0.367. The van der Waals surface area contributed by atoms with Gasteiger partial charge in [0.15, 0.2) is 9.84 Å². The zero-order valence-electron chi connectivity index (χ0n) is 6.83. The van der Waals surface area contributed by atoms with E-state index in [4.69, 9.17) is 5.73 Å². The Balaban J connectivity index is 2.51. The van der Waals surface area contributed by atoms with Gasteiger partial charge >= 0.3 is 0 Å². The van der Waals surface area contributed by atoms with Crippen LogP contribution in [0.5, 0.6) is 0 Å². The van der Waals surface area contributed by atoms with Crippen LogP contribution in [0.15, 0.2) is 0 Å². The first-order valence-corrected chi connectivity index (χ1v) is 5.39. The van der Waals surface area contributed by atoms with Gasteiger partial charge < -0.3 is 11.1 Å². The molecule has 70 valence electrons. The number of carbonyl (C=O) groups excluding carboxylic acids is 1. The second kappa shape index (κ2) is 2.70. The van der Waals surface area contributed by atoms with Crippen molar-refractivity contribution in [3.05, 3.63) is 0 Å². The molecule has 0 saturated carbocycles. The smallest absolute Gasteiger partial charge is 0.221 e. The van der Waals surface area contributed by atoms with E-state index in [0.29, 0.717) is 0 Å². The fourth-order valence-corrected chi connectivity index (χ4v) is 3.22. The topological polar surface area (TPSA) is 89.3 Å². The van der Waals surface area contributed by atoms with E-state index in [-0.39, 0.29) is 23.8 Å². The molecular formula is C6H12N2O3S. The van der Waals surface area contributed by atoms with Gasteiger partial charge in [0, 0.05) is 13.5 Å². The fourth-order valence-electron chi connectivity index (χ4n) is 1.34. The average Bonchev–Trinajstić information content (AvgIpc) is 1.82. The lowest BCUT2D eigenvalue weighted by Gasteiger charge is -2.36. The van der Waals surface area contributed by atoms with Crippen molar-refractivity contribution in [3.63, 3.8) is 0 Å². The maximum atomic E-state index is 10.8. The SMILES string of the molecule is CNC(=O)CC1(N)CS(=O)(=O)C1. The first-order valence-electron chi connectivity index (χ1n) is 3.57. The van der Waals surface area contributed by atoms with Crippen molar-refractivity contribution in [2.24, 2.45) is 5.73 Å². The lowest BCUT2D eigenvalue weighted by Crippen LogP contribution is -2.63. The Labute approximate surface area is 71.2 Å². The van der Waals surface area contributed by atoms with E-state index in [9.17, 15) is 13.2 Å². The van der Waals surface area contributed by atoms with Crippen LogP contribution in [0.3, 0.4) is 0 Å². The van der Waals surface area contributed by atoms with E-state index in [1.54, 1.807) is 0 Å². The average molecular weight is 192 g/mol. The van der Waals surface area contributed by atoms with Crippen molar-refractivity contribution in [1.82, 2.24) is 5.32 Å². The van der Waals surface area contributed by atoms with Crippen molar-refractivity contribution >= 4 is 15.7 Å². The quantitative estimate of drug-likeness (QED) is 0.543. The first-order chi connectivity index (χ1) is 5.37. The zero-order valence-corrected chi connectivity index (χ0v) is 7.65. The van der Waals surface area contributed by atoms with Crippen molar-refractivity contribution in [2.45, 2.75) is 12.0 Å². The minimum absolute atomic E-state index is 0.0760. The predicted molar refractivity (Wildman–Crippen MR) is 44.3 cm³/mol. The molecule has 0 radical (unpaired) electrons. The Morgan fingerprint density at radius 2 is 2.08 bits per heavy atom. The second-order valence-electron chi connectivity index (χ2n) is 3.24. The van der Waals surface area contributed by atoms with Gasteiger partial charge in [0.25, 0.3) is 0 Å². The summed E-state index contributed by atoms with van der Waals surface area (Å²) in [6.45, 7) is 0. The summed E-state index contributed by atoms with van der Waals surface area (Å²) in [5, 5.41) is 2.40. The summed E-state index contributed by atoms with van der Waals surface area (Å²) >= 11 is 0. The second-order valence-corrected chi connectivity index (χ2v) is 5.31. The number of hydrogen-bond acceptors (Lipinski definition) is 4. The number of sulfone groups is 1. The molecule has 1 aliphatic rings. The van der Waals surface area contributed by atoms with Gasteiger partial charge in [0.1, 0.15) is 0 Å². The van der Waals surface area contributed by atoms with E-state index < -0.39 is 15.4 Å². The van der Waals surface area contributed by atoms with Crippen LogP contribution in [0, 0.1) is 0 Å². The Hall–Kier alpha value is -0.620. The third-order valence-corrected chi connectivity index (χ3v) is 3.84. The number of carbonyl (C=O) groups is 1.